The number of thioether (sulfide) groups is 1. The monoisotopic (exact) mass is 317 g/mol. The first-order valence-electron chi connectivity index (χ1n) is 5.00. The summed E-state index contributed by atoms with van der Waals surface area (Å²) in [5.74, 6) is -0.249. The summed E-state index contributed by atoms with van der Waals surface area (Å²) in [6.07, 6.45) is 1.98. The Bertz CT molecular complexity index is 583. The first-order valence-corrected chi connectivity index (χ1v) is 7.80. The highest BCUT2D eigenvalue weighted by Crippen LogP contribution is 2.31. The van der Waals surface area contributed by atoms with Crippen LogP contribution in [-0.4, -0.2) is 12.2 Å². The van der Waals surface area contributed by atoms with E-state index in [0.29, 0.717) is 14.2 Å². The lowest BCUT2D eigenvalue weighted by Gasteiger charge is -2.05. The molecule has 2 nitrogen and oxygen atoms in total. The summed E-state index contributed by atoms with van der Waals surface area (Å²) in [5.41, 5.74) is 1.14. The number of halogens is 2. The Kier molecular flexibility index (Phi) is 4.56. The second-order valence-corrected chi connectivity index (χ2v) is 6.59. The lowest BCUT2D eigenvalue weighted by molar-refractivity contribution is 0.102. The molecule has 1 aromatic carbocycles. The van der Waals surface area contributed by atoms with Crippen LogP contribution in [0.25, 0.3) is 0 Å². The van der Waals surface area contributed by atoms with E-state index in [4.69, 9.17) is 23.2 Å². The SMILES string of the molecule is CSc1cccc(NC(=O)c2cc(Cl)sc2Cl)c1. The Morgan fingerprint density at radius 1 is 1.33 bits per heavy atom. The van der Waals surface area contributed by atoms with Gasteiger partial charge in [0.2, 0.25) is 0 Å². The molecule has 0 spiro atoms. The van der Waals surface area contributed by atoms with Crippen molar-refractivity contribution in [1.29, 1.82) is 0 Å². The summed E-state index contributed by atoms with van der Waals surface area (Å²) in [6.45, 7) is 0. The molecule has 0 aliphatic carbocycles. The summed E-state index contributed by atoms with van der Waals surface area (Å²) >= 11 is 14.5. The zero-order chi connectivity index (χ0) is 13.1. The van der Waals surface area contributed by atoms with Gasteiger partial charge in [0, 0.05) is 10.6 Å². The number of hydrogen-bond donors (Lipinski definition) is 1. The molecular weight excluding hydrogens is 309 g/mol. The van der Waals surface area contributed by atoms with Crippen LogP contribution in [0.4, 0.5) is 5.69 Å². The fraction of sp³-hybridized carbons (Fsp3) is 0.0833. The number of carbonyl (C=O) groups excluding carboxylic acids is 1. The van der Waals surface area contributed by atoms with E-state index < -0.39 is 0 Å². The predicted molar refractivity (Wildman–Crippen MR) is 80.5 cm³/mol. The Balaban J connectivity index is 2.18. The van der Waals surface area contributed by atoms with Gasteiger partial charge in [-0.25, -0.2) is 0 Å². The van der Waals surface area contributed by atoms with Gasteiger partial charge in [0.05, 0.1) is 9.90 Å². The van der Waals surface area contributed by atoms with E-state index in [1.807, 2.05) is 30.5 Å². The minimum atomic E-state index is -0.249. The highest BCUT2D eigenvalue weighted by Gasteiger charge is 2.14. The standard InChI is InChI=1S/C12H9Cl2NOS2/c1-17-8-4-2-3-7(5-8)15-12(16)9-6-10(13)18-11(9)14/h2-6H,1H3,(H,15,16). The van der Waals surface area contributed by atoms with Gasteiger partial charge in [-0.15, -0.1) is 23.1 Å². The van der Waals surface area contributed by atoms with Crippen LogP contribution in [0.15, 0.2) is 35.2 Å². The van der Waals surface area contributed by atoms with E-state index in [1.165, 1.54) is 11.3 Å². The first kappa shape index (κ1) is 13.7. The number of hydrogen-bond acceptors (Lipinski definition) is 3. The Morgan fingerprint density at radius 3 is 2.72 bits per heavy atom. The van der Waals surface area contributed by atoms with Gasteiger partial charge in [-0.3, -0.25) is 4.79 Å². The van der Waals surface area contributed by atoms with Gasteiger partial charge in [0.15, 0.2) is 0 Å². The third-order valence-electron chi connectivity index (χ3n) is 2.23. The zero-order valence-corrected chi connectivity index (χ0v) is 12.5. The zero-order valence-electron chi connectivity index (χ0n) is 9.37. The number of amides is 1. The summed E-state index contributed by atoms with van der Waals surface area (Å²) in [6, 6.07) is 9.19. The number of carbonyl (C=O) groups is 1. The van der Waals surface area contributed by atoms with Gasteiger partial charge in [-0.1, -0.05) is 29.3 Å². The maximum atomic E-state index is 12.0. The van der Waals surface area contributed by atoms with Gasteiger partial charge in [-0.05, 0) is 30.5 Å². The number of thiophene rings is 1. The highest BCUT2D eigenvalue weighted by molar-refractivity contribution is 7.98. The molecule has 94 valence electrons. The quantitative estimate of drug-likeness (QED) is 0.804. The van der Waals surface area contributed by atoms with Crippen LogP contribution in [-0.2, 0) is 0 Å². The normalized spacial score (nSPS) is 10.4. The van der Waals surface area contributed by atoms with Gasteiger partial charge in [0.25, 0.3) is 5.91 Å². The molecule has 0 radical (unpaired) electrons. The van der Waals surface area contributed by atoms with Crippen molar-refractivity contribution >= 4 is 57.9 Å². The van der Waals surface area contributed by atoms with E-state index in [2.05, 4.69) is 5.32 Å². The molecule has 18 heavy (non-hydrogen) atoms. The second kappa shape index (κ2) is 5.97. The topological polar surface area (TPSA) is 29.1 Å². The van der Waals surface area contributed by atoms with Crippen LogP contribution in [0.3, 0.4) is 0 Å². The molecule has 1 heterocycles. The molecule has 0 saturated carbocycles. The molecule has 2 aromatic rings. The van der Waals surface area contributed by atoms with Crippen LogP contribution in [0.1, 0.15) is 10.4 Å². The van der Waals surface area contributed by atoms with E-state index >= 15 is 0 Å². The molecule has 0 unspecified atom stereocenters. The Hall–Kier alpha value is -0.680. The lowest BCUT2D eigenvalue weighted by atomic mass is 10.3. The van der Waals surface area contributed by atoms with Crippen molar-refractivity contribution in [2.45, 2.75) is 4.90 Å². The largest absolute Gasteiger partial charge is 0.322 e. The molecule has 6 heteroatoms. The maximum absolute atomic E-state index is 12.0. The molecule has 1 amide bonds. The van der Waals surface area contributed by atoms with E-state index in [0.717, 1.165) is 10.6 Å². The molecule has 0 saturated heterocycles. The molecule has 0 aliphatic rings. The summed E-state index contributed by atoms with van der Waals surface area (Å²) in [4.78, 5) is 13.1. The van der Waals surface area contributed by atoms with Crippen LogP contribution in [0.5, 0.6) is 0 Å². The third-order valence-corrected chi connectivity index (χ3v) is 4.44. The molecule has 0 aliphatic heterocycles. The molecule has 0 fully saturated rings. The average molecular weight is 318 g/mol. The van der Waals surface area contributed by atoms with Gasteiger partial charge in [0.1, 0.15) is 4.34 Å². The fourth-order valence-electron chi connectivity index (χ4n) is 1.39. The summed E-state index contributed by atoms with van der Waals surface area (Å²) in [7, 11) is 0. The molecule has 0 bridgehead atoms. The van der Waals surface area contributed by atoms with E-state index in [9.17, 15) is 4.79 Å². The number of anilines is 1. The third kappa shape index (κ3) is 3.20. The van der Waals surface area contributed by atoms with Crippen molar-refractivity contribution in [2.75, 3.05) is 11.6 Å². The van der Waals surface area contributed by atoms with E-state index in [-0.39, 0.29) is 5.91 Å². The van der Waals surface area contributed by atoms with Crippen molar-refractivity contribution in [3.63, 3.8) is 0 Å². The van der Waals surface area contributed by atoms with Crippen LogP contribution < -0.4 is 5.32 Å². The molecule has 1 N–H and O–H groups in total. The average Bonchev–Trinajstić information content (AvgIpc) is 2.69. The first-order chi connectivity index (χ1) is 8.60. The minimum absolute atomic E-state index is 0.249. The Labute approximate surface area is 123 Å². The van der Waals surface area contributed by atoms with Crippen molar-refractivity contribution in [3.8, 4) is 0 Å². The fourth-order valence-corrected chi connectivity index (χ4v) is 3.31. The van der Waals surface area contributed by atoms with Gasteiger partial charge in [-0.2, -0.15) is 0 Å². The summed E-state index contributed by atoms with van der Waals surface area (Å²) in [5, 5.41) is 2.80. The van der Waals surface area contributed by atoms with Gasteiger partial charge < -0.3 is 5.32 Å². The number of benzene rings is 1. The van der Waals surface area contributed by atoms with Gasteiger partial charge >= 0.3 is 0 Å². The van der Waals surface area contributed by atoms with Crippen molar-refractivity contribution in [3.05, 3.63) is 44.6 Å². The van der Waals surface area contributed by atoms with Crippen molar-refractivity contribution in [1.82, 2.24) is 0 Å². The second-order valence-electron chi connectivity index (χ2n) is 3.42. The van der Waals surface area contributed by atoms with Crippen LogP contribution in [0.2, 0.25) is 8.67 Å². The molecule has 0 atom stereocenters. The molecule has 1 aromatic heterocycles. The Morgan fingerprint density at radius 2 is 2.11 bits per heavy atom. The van der Waals surface area contributed by atoms with Crippen LogP contribution in [0, 0.1) is 0 Å². The number of nitrogens with one attached hydrogen (secondary N) is 1. The van der Waals surface area contributed by atoms with Crippen molar-refractivity contribution in [2.24, 2.45) is 0 Å². The summed E-state index contributed by atoms with van der Waals surface area (Å²) < 4.78 is 0.904. The smallest absolute Gasteiger partial charge is 0.258 e. The van der Waals surface area contributed by atoms with Crippen LogP contribution >= 0.6 is 46.3 Å². The predicted octanol–water partition coefficient (Wildman–Crippen LogP) is 5.03. The number of rotatable bonds is 3. The maximum Gasteiger partial charge on any atom is 0.258 e. The van der Waals surface area contributed by atoms with E-state index in [1.54, 1.807) is 17.8 Å². The molecule has 2 rings (SSSR count). The minimum Gasteiger partial charge on any atom is -0.322 e. The van der Waals surface area contributed by atoms with Crippen molar-refractivity contribution < 1.29 is 4.79 Å². The highest BCUT2D eigenvalue weighted by atomic mass is 35.5. The lowest BCUT2D eigenvalue weighted by Crippen LogP contribution is -2.11. The molecular formula is C12H9Cl2NOS2.